The van der Waals surface area contributed by atoms with E-state index in [2.05, 4.69) is 9.72 Å². The zero-order chi connectivity index (χ0) is 27.4. The van der Waals surface area contributed by atoms with E-state index in [-0.39, 0.29) is 16.9 Å². The maximum atomic E-state index is 13.4. The first kappa shape index (κ1) is 26.8. The molecule has 0 radical (unpaired) electrons. The summed E-state index contributed by atoms with van der Waals surface area (Å²) in [7, 11) is 1.59. The average molecular weight is 557 g/mol. The molecule has 0 aliphatic heterocycles. The molecule has 2 heterocycles. The molecule has 5 rings (SSSR count). The van der Waals surface area contributed by atoms with Gasteiger partial charge >= 0.3 is 6.36 Å². The molecule has 39 heavy (non-hydrogen) atoms. The summed E-state index contributed by atoms with van der Waals surface area (Å²) in [6, 6.07) is 10.8. The molecule has 1 fully saturated rings. The van der Waals surface area contributed by atoms with Crippen molar-refractivity contribution in [1.82, 2.24) is 9.38 Å². The third-order valence-corrected chi connectivity index (χ3v) is 7.47. The van der Waals surface area contributed by atoms with Gasteiger partial charge in [-0.15, -0.1) is 24.5 Å². The molecule has 0 amide bonds. The van der Waals surface area contributed by atoms with E-state index in [0.29, 0.717) is 40.2 Å². The van der Waals surface area contributed by atoms with Crippen molar-refractivity contribution in [2.24, 2.45) is 5.92 Å². The summed E-state index contributed by atoms with van der Waals surface area (Å²) in [5.74, 6) is 1.35. The number of aromatic nitrogens is 2. The van der Waals surface area contributed by atoms with Gasteiger partial charge in [0.2, 0.25) is 0 Å². The fourth-order valence-electron chi connectivity index (χ4n) is 4.81. The van der Waals surface area contributed by atoms with Gasteiger partial charge in [0.15, 0.2) is 16.5 Å². The Bertz CT molecular complexity index is 1520. The lowest BCUT2D eigenvalue weighted by Gasteiger charge is -2.23. The fourth-order valence-corrected chi connectivity index (χ4v) is 5.53. The molecule has 204 valence electrons. The number of methoxy groups -OCH3 is 1. The van der Waals surface area contributed by atoms with Crippen molar-refractivity contribution in [2.75, 3.05) is 13.7 Å². The predicted molar refractivity (Wildman–Crippen MR) is 145 cm³/mol. The molecule has 1 saturated carbocycles. The number of ether oxygens (including phenoxy) is 3. The summed E-state index contributed by atoms with van der Waals surface area (Å²) in [5.41, 5.74) is 1.49. The smallest absolute Gasteiger partial charge is 0.493 e. The third kappa shape index (κ3) is 6.27. The number of hydrogen-bond donors (Lipinski definition) is 0. The number of halogens is 3. The summed E-state index contributed by atoms with van der Waals surface area (Å²) >= 11 is 1.31. The summed E-state index contributed by atoms with van der Waals surface area (Å²) in [5, 5.41) is 1.75. The van der Waals surface area contributed by atoms with Crippen LogP contribution in [0, 0.1) is 5.92 Å². The molecule has 1 aliphatic rings. The second kappa shape index (κ2) is 11.5. The van der Waals surface area contributed by atoms with E-state index in [9.17, 15) is 18.0 Å². The van der Waals surface area contributed by atoms with Gasteiger partial charge in [0.05, 0.1) is 25.0 Å². The molecule has 10 heteroatoms. The van der Waals surface area contributed by atoms with Crippen LogP contribution in [-0.2, 0) is 0 Å². The number of alkyl halides is 3. The van der Waals surface area contributed by atoms with Crippen LogP contribution in [0.25, 0.3) is 28.2 Å². The Morgan fingerprint density at radius 2 is 1.85 bits per heavy atom. The van der Waals surface area contributed by atoms with Crippen LogP contribution in [0.1, 0.15) is 43.4 Å². The quantitative estimate of drug-likeness (QED) is 0.225. The zero-order valence-electron chi connectivity index (χ0n) is 21.2. The van der Waals surface area contributed by atoms with Gasteiger partial charge < -0.3 is 14.2 Å². The van der Waals surface area contributed by atoms with E-state index < -0.39 is 6.36 Å². The van der Waals surface area contributed by atoms with Crippen molar-refractivity contribution in [3.05, 3.63) is 75.7 Å². The van der Waals surface area contributed by atoms with Crippen LogP contribution in [0.3, 0.4) is 0 Å². The van der Waals surface area contributed by atoms with Gasteiger partial charge in [-0.3, -0.25) is 9.20 Å². The standard InChI is InChI=1S/C29H27F3N2O4S/c1-36-24-9-5-8-21(26(24)37-18-19-6-3-2-4-7-19)12-15-23-25(27(35)34-16-17-39-28(34)33-23)20-10-13-22(14-11-20)38-29(30,31)32/h5,8-17,19H,2-4,6-7,18H2,1H3. The van der Waals surface area contributed by atoms with Crippen LogP contribution in [0.15, 0.2) is 58.8 Å². The monoisotopic (exact) mass is 556 g/mol. The van der Waals surface area contributed by atoms with Crippen LogP contribution < -0.4 is 19.8 Å². The van der Waals surface area contributed by atoms with E-state index in [4.69, 9.17) is 9.47 Å². The molecule has 0 N–H and O–H groups in total. The Balaban J connectivity index is 1.51. The number of thiazole rings is 1. The van der Waals surface area contributed by atoms with Gasteiger partial charge in [-0.05, 0) is 54.7 Å². The zero-order valence-corrected chi connectivity index (χ0v) is 22.1. The van der Waals surface area contributed by atoms with Crippen LogP contribution in [0.2, 0.25) is 0 Å². The first-order valence-corrected chi connectivity index (χ1v) is 13.5. The maximum absolute atomic E-state index is 13.4. The van der Waals surface area contributed by atoms with Crippen molar-refractivity contribution < 1.29 is 27.4 Å². The number of rotatable bonds is 8. The van der Waals surface area contributed by atoms with Crippen LogP contribution in [0.4, 0.5) is 13.2 Å². The predicted octanol–water partition coefficient (Wildman–Crippen LogP) is 7.46. The molecule has 4 aromatic rings. The second-order valence-electron chi connectivity index (χ2n) is 9.33. The number of benzene rings is 2. The van der Waals surface area contributed by atoms with E-state index in [1.165, 1.54) is 59.3 Å². The highest BCUT2D eigenvalue weighted by Gasteiger charge is 2.31. The Kier molecular flexibility index (Phi) is 7.92. The minimum atomic E-state index is -4.81. The Hall–Kier alpha value is -3.79. The molecular weight excluding hydrogens is 529 g/mol. The summed E-state index contributed by atoms with van der Waals surface area (Å²) < 4.78 is 55.1. The lowest BCUT2D eigenvalue weighted by Crippen LogP contribution is -2.18. The number of hydrogen-bond acceptors (Lipinski definition) is 6. The van der Waals surface area contributed by atoms with E-state index in [1.54, 1.807) is 24.8 Å². The van der Waals surface area contributed by atoms with Crippen LogP contribution >= 0.6 is 11.3 Å². The van der Waals surface area contributed by atoms with E-state index in [1.807, 2.05) is 24.3 Å². The highest BCUT2D eigenvalue weighted by atomic mass is 32.1. The molecule has 1 aliphatic carbocycles. The van der Waals surface area contributed by atoms with Gasteiger partial charge in [0, 0.05) is 17.1 Å². The van der Waals surface area contributed by atoms with Crippen molar-refractivity contribution in [2.45, 2.75) is 38.5 Å². The lowest BCUT2D eigenvalue weighted by molar-refractivity contribution is -0.274. The summed E-state index contributed by atoms with van der Waals surface area (Å²) in [6.07, 6.45) is 6.33. The molecule has 6 nitrogen and oxygen atoms in total. The highest BCUT2D eigenvalue weighted by molar-refractivity contribution is 7.15. The molecule has 0 unspecified atom stereocenters. The molecule has 0 saturated heterocycles. The van der Waals surface area contributed by atoms with Crippen molar-refractivity contribution in [1.29, 1.82) is 0 Å². The van der Waals surface area contributed by atoms with Gasteiger partial charge in [-0.2, -0.15) is 0 Å². The fraction of sp³-hybridized carbons (Fsp3) is 0.310. The molecule has 0 spiro atoms. The van der Waals surface area contributed by atoms with Crippen molar-refractivity contribution in [3.8, 4) is 28.4 Å². The number of fused-ring (bicyclic) bond motifs is 1. The second-order valence-corrected chi connectivity index (χ2v) is 10.2. The molecule has 0 bridgehead atoms. The van der Waals surface area contributed by atoms with Crippen LogP contribution in [0.5, 0.6) is 17.2 Å². The summed E-state index contributed by atoms with van der Waals surface area (Å²) in [4.78, 5) is 18.6. The van der Waals surface area contributed by atoms with E-state index >= 15 is 0 Å². The average Bonchev–Trinajstić information content (AvgIpc) is 3.40. The molecule has 0 atom stereocenters. The van der Waals surface area contributed by atoms with E-state index in [0.717, 1.165) is 18.4 Å². The SMILES string of the molecule is COc1cccc(C=Cc2nc3sccn3c(=O)c2-c2ccc(OC(F)(F)F)cc2)c1OCC1CCCCC1. The first-order chi connectivity index (χ1) is 18.8. The molecule has 2 aromatic carbocycles. The molecule has 2 aromatic heterocycles. The Morgan fingerprint density at radius 3 is 2.56 bits per heavy atom. The first-order valence-electron chi connectivity index (χ1n) is 12.7. The minimum absolute atomic E-state index is 0.258. The molecular formula is C29H27F3N2O4S. The Morgan fingerprint density at radius 1 is 1.08 bits per heavy atom. The van der Waals surface area contributed by atoms with Crippen molar-refractivity contribution in [3.63, 3.8) is 0 Å². The van der Waals surface area contributed by atoms with Gasteiger partial charge in [0.1, 0.15) is 5.75 Å². The normalized spacial score (nSPS) is 14.7. The summed E-state index contributed by atoms with van der Waals surface area (Å²) in [6.45, 7) is 0.597. The van der Waals surface area contributed by atoms with Crippen LogP contribution in [-0.4, -0.2) is 29.5 Å². The lowest BCUT2D eigenvalue weighted by atomic mass is 9.90. The largest absolute Gasteiger partial charge is 0.573 e. The van der Waals surface area contributed by atoms with Gasteiger partial charge in [-0.1, -0.05) is 43.5 Å². The maximum Gasteiger partial charge on any atom is 0.573 e. The van der Waals surface area contributed by atoms with Gasteiger partial charge in [0.25, 0.3) is 5.56 Å². The Labute approximate surface area is 227 Å². The number of nitrogens with zero attached hydrogens (tertiary/aromatic N) is 2. The third-order valence-electron chi connectivity index (χ3n) is 6.71. The topological polar surface area (TPSA) is 62.1 Å². The number of para-hydroxylation sites is 1. The highest BCUT2D eigenvalue weighted by Crippen LogP contribution is 2.35. The van der Waals surface area contributed by atoms with Crippen molar-refractivity contribution >= 4 is 28.4 Å². The van der Waals surface area contributed by atoms with Gasteiger partial charge in [-0.25, -0.2) is 4.98 Å². The minimum Gasteiger partial charge on any atom is -0.493 e.